The van der Waals surface area contributed by atoms with Crippen LogP contribution >= 0.6 is 0 Å². The Morgan fingerprint density at radius 3 is 2.27 bits per heavy atom. The summed E-state index contributed by atoms with van der Waals surface area (Å²) >= 11 is 0. The summed E-state index contributed by atoms with van der Waals surface area (Å²) in [5, 5.41) is 0. The summed E-state index contributed by atoms with van der Waals surface area (Å²) in [7, 11) is 0. The third kappa shape index (κ3) is 6.38. The number of benzene rings is 2. The maximum absolute atomic E-state index is 14.9. The number of piperazine rings is 1. The molecule has 9 nitrogen and oxygen atoms in total. The summed E-state index contributed by atoms with van der Waals surface area (Å²) in [6, 6.07) is 14.5. The number of halogens is 4. The highest BCUT2D eigenvalue weighted by molar-refractivity contribution is 5.50. The van der Waals surface area contributed by atoms with E-state index in [1.165, 1.54) is 6.92 Å². The van der Waals surface area contributed by atoms with Crippen molar-refractivity contribution in [3.05, 3.63) is 121 Å². The lowest BCUT2D eigenvalue weighted by Gasteiger charge is -2.37. The van der Waals surface area contributed by atoms with Crippen LogP contribution in [0.1, 0.15) is 34.0 Å². The third-order valence-corrected chi connectivity index (χ3v) is 8.01. The molecule has 0 spiro atoms. The van der Waals surface area contributed by atoms with E-state index in [2.05, 4.69) is 9.88 Å². The Morgan fingerprint density at radius 1 is 0.909 bits per heavy atom. The first-order chi connectivity index (χ1) is 21.0. The highest BCUT2D eigenvalue weighted by Gasteiger charge is 2.35. The molecule has 44 heavy (non-hydrogen) atoms. The number of nitrogens with two attached hydrogens (primary N) is 2. The number of hydrogen-bond acceptors (Lipinski definition) is 7. The molecule has 4 N–H and O–H groups in total. The molecule has 4 aromatic rings. The van der Waals surface area contributed by atoms with Gasteiger partial charge in [-0.2, -0.15) is 13.2 Å². The van der Waals surface area contributed by atoms with Crippen molar-refractivity contribution in [3.8, 4) is 0 Å². The van der Waals surface area contributed by atoms with Crippen LogP contribution in [0.15, 0.2) is 76.4 Å². The van der Waals surface area contributed by atoms with Gasteiger partial charge in [-0.3, -0.25) is 18.8 Å². The van der Waals surface area contributed by atoms with Crippen LogP contribution in [-0.2, 0) is 25.8 Å². The van der Waals surface area contributed by atoms with Gasteiger partial charge in [0, 0.05) is 61.8 Å². The van der Waals surface area contributed by atoms with Crippen molar-refractivity contribution in [1.29, 1.82) is 0 Å². The number of nitrogens with zero attached hydrogens (tertiary/aromatic N) is 5. The zero-order valence-corrected chi connectivity index (χ0v) is 24.1. The summed E-state index contributed by atoms with van der Waals surface area (Å²) < 4.78 is 58.5. The van der Waals surface area contributed by atoms with Gasteiger partial charge in [0.25, 0.3) is 5.56 Å². The molecule has 1 aliphatic rings. The van der Waals surface area contributed by atoms with Gasteiger partial charge in [-0.05, 0) is 30.7 Å². The van der Waals surface area contributed by atoms with Crippen molar-refractivity contribution in [2.75, 3.05) is 36.8 Å². The summed E-state index contributed by atoms with van der Waals surface area (Å²) in [5.74, 6) is -0.670. The second-order valence-corrected chi connectivity index (χ2v) is 10.8. The van der Waals surface area contributed by atoms with E-state index in [1.807, 2.05) is 11.0 Å². The van der Waals surface area contributed by atoms with E-state index in [0.717, 1.165) is 32.9 Å². The Hall–Kier alpha value is -4.49. The van der Waals surface area contributed by atoms with E-state index in [1.54, 1.807) is 42.6 Å². The van der Waals surface area contributed by atoms with Gasteiger partial charge < -0.3 is 16.4 Å². The molecular formula is C31H33F4N7O2. The number of rotatable bonds is 8. The van der Waals surface area contributed by atoms with E-state index >= 15 is 0 Å². The molecule has 0 unspecified atom stereocenters. The molecule has 0 aliphatic carbocycles. The van der Waals surface area contributed by atoms with E-state index < -0.39 is 47.0 Å². The highest BCUT2D eigenvalue weighted by atomic mass is 19.4. The Morgan fingerprint density at radius 2 is 1.61 bits per heavy atom. The smallest absolute Gasteiger partial charge is 0.383 e. The Balaban J connectivity index is 1.54. The first-order valence-corrected chi connectivity index (χ1v) is 14.1. The standard InChI is InChI=1S/C31H33F4N7O2/c1-20-27(40-15-13-39(14-16-40)17-22-9-6-12-38-28(22)37)29(43)42(19-26(36)21-7-3-2-4-8-21)30(44)41(20)18-23-24(31(33,34)35)10-5-11-25(23)32/h2-12,26H,13-19,36H2,1H3,(H2,37,38)/t26-/m1/s1. The van der Waals surface area contributed by atoms with Gasteiger partial charge >= 0.3 is 11.9 Å². The number of hydrogen-bond donors (Lipinski definition) is 2. The summed E-state index contributed by atoms with van der Waals surface area (Å²) in [6.45, 7) is 2.98. The first kappa shape index (κ1) is 31.0. The fourth-order valence-electron chi connectivity index (χ4n) is 5.60. The Kier molecular flexibility index (Phi) is 8.88. The Labute approximate surface area is 251 Å². The van der Waals surface area contributed by atoms with Crippen molar-refractivity contribution in [3.63, 3.8) is 0 Å². The molecule has 0 amide bonds. The summed E-state index contributed by atoms with van der Waals surface area (Å²) in [4.78, 5) is 35.8. The van der Waals surface area contributed by atoms with Gasteiger partial charge in [0.2, 0.25) is 0 Å². The van der Waals surface area contributed by atoms with Crippen LogP contribution in [0.2, 0.25) is 0 Å². The number of pyridine rings is 1. The number of alkyl halides is 3. The van der Waals surface area contributed by atoms with Crippen LogP contribution in [0.3, 0.4) is 0 Å². The topological polar surface area (TPSA) is 115 Å². The van der Waals surface area contributed by atoms with E-state index in [-0.39, 0.29) is 17.9 Å². The van der Waals surface area contributed by atoms with Crippen LogP contribution in [0.5, 0.6) is 0 Å². The number of aromatic nitrogens is 3. The van der Waals surface area contributed by atoms with Gasteiger partial charge in [-0.15, -0.1) is 0 Å². The fraction of sp³-hybridized carbons (Fsp3) is 0.323. The summed E-state index contributed by atoms with van der Waals surface area (Å²) in [5.41, 5.74) is 10.9. The lowest BCUT2D eigenvalue weighted by molar-refractivity contribution is -0.138. The molecule has 1 atom stereocenters. The van der Waals surface area contributed by atoms with Crippen LogP contribution in [-0.4, -0.2) is 45.2 Å². The molecule has 2 aromatic heterocycles. The van der Waals surface area contributed by atoms with Crippen molar-refractivity contribution in [2.45, 2.75) is 38.8 Å². The highest BCUT2D eigenvalue weighted by Crippen LogP contribution is 2.33. The van der Waals surface area contributed by atoms with E-state index in [4.69, 9.17) is 11.5 Å². The second kappa shape index (κ2) is 12.6. The molecule has 3 heterocycles. The molecule has 2 aromatic carbocycles. The Bertz CT molecular complexity index is 1750. The molecule has 1 aliphatic heterocycles. The van der Waals surface area contributed by atoms with Gasteiger partial charge in [0.05, 0.1) is 18.7 Å². The minimum absolute atomic E-state index is 0.144. The van der Waals surface area contributed by atoms with Gasteiger partial charge in [0.15, 0.2) is 0 Å². The molecule has 1 saturated heterocycles. The number of anilines is 2. The largest absolute Gasteiger partial charge is 0.416 e. The third-order valence-electron chi connectivity index (χ3n) is 8.01. The average Bonchev–Trinajstić information content (AvgIpc) is 3.00. The van der Waals surface area contributed by atoms with Crippen molar-refractivity contribution >= 4 is 11.5 Å². The zero-order valence-electron chi connectivity index (χ0n) is 24.1. The van der Waals surface area contributed by atoms with Crippen LogP contribution in [0, 0.1) is 12.7 Å². The normalized spacial score (nSPS) is 15.0. The minimum atomic E-state index is -4.85. The molecule has 0 bridgehead atoms. The quantitative estimate of drug-likeness (QED) is 0.293. The first-order valence-electron chi connectivity index (χ1n) is 14.1. The van der Waals surface area contributed by atoms with Crippen molar-refractivity contribution in [1.82, 2.24) is 19.0 Å². The molecule has 1 fully saturated rings. The minimum Gasteiger partial charge on any atom is -0.383 e. The monoisotopic (exact) mass is 611 g/mol. The van der Waals surface area contributed by atoms with Gasteiger partial charge in [-0.25, -0.2) is 14.2 Å². The molecule has 13 heteroatoms. The molecular weight excluding hydrogens is 578 g/mol. The van der Waals surface area contributed by atoms with E-state index in [0.29, 0.717) is 44.1 Å². The van der Waals surface area contributed by atoms with Crippen LogP contribution in [0.4, 0.5) is 29.1 Å². The fourth-order valence-corrected chi connectivity index (χ4v) is 5.60. The second-order valence-electron chi connectivity index (χ2n) is 10.8. The maximum Gasteiger partial charge on any atom is 0.416 e. The van der Waals surface area contributed by atoms with Gasteiger partial charge in [-0.1, -0.05) is 42.5 Å². The van der Waals surface area contributed by atoms with Crippen molar-refractivity contribution in [2.24, 2.45) is 5.73 Å². The SMILES string of the molecule is Cc1c(N2CCN(Cc3cccnc3N)CC2)c(=O)n(C[C@@H](N)c2ccccc2)c(=O)n1Cc1c(F)cccc1C(F)(F)F. The zero-order chi connectivity index (χ0) is 31.6. The summed E-state index contributed by atoms with van der Waals surface area (Å²) in [6.07, 6.45) is -3.24. The van der Waals surface area contributed by atoms with Gasteiger partial charge in [0.1, 0.15) is 17.3 Å². The average molecular weight is 612 g/mol. The number of nitrogen functional groups attached to an aromatic ring is 1. The predicted molar refractivity (Wildman–Crippen MR) is 160 cm³/mol. The lowest BCUT2D eigenvalue weighted by atomic mass is 10.1. The molecule has 0 radical (unpaired) electrons. The van der Waals surface area contributed by atoms with E-state index in [9.17, 15) is 27.2 Å². The maximum atomic E-state index is 14.9. The van der Waals surface area contributed by atoms with Crippen LogP contribution in [0.25, 0.3) is 0 Å². The molecule has 232 valence electrons. The lowest BCUT2D eigenvalue weighted by Crippen LogP contribution is -2.51. The van der Waals surface area contributed by atoms with Crippen LogP contribution < -0.4 is 27.6 Å². The predicted octanol–water partition coefficient (Wildman–Crippen LogP) is 3.52. The molecule has 5 rings (SSSR count). The van der Waals surface area contributed by atoms with Crippen molar-refractivity contribution < 1.29 is 17.6 Å². The molecule has 0 saturated carbocycles.